The molecule has 0 amide bonds. The summed E-state index contributed by atoms with van der Waals surface area (Å²) in [5, 5.41) is 8.33. The van der Waals surface area contributed by atoms with Crippen LogP contribution in [0.2, 0.25) is 0 Å². The number of carbonyl (C=O) groups excluding carboxylic acids is 1. The minimum absolute atomic E-state index is 0.219. The lowest BCUT2D eigenvalue weighted by molar-refractivity contribution is -0.134. The van der Waals surface area contributed by atoms with Crippen LogP contribution in [0.1, 0.15) is 19.8 Å². The lowest BCUT2D eigenvalue weighted by Gasteiger charge is -2.02. The van der Waals surface area contributed by atoms with Crippen molar-refractivity contribution in [1.29, 1.82) is 5.26 Å². The van der Waals surface area contributed by atoms with E-state index in [0.29, 0.717) is 12.2 Å². The SMILES string of the molecule is C=C=C(CCC)OC(=O)C(=C)C#N. The molecule has 0 heterocycles. The smallest absolute Gasteiger partial charge is 0.353 e. The molecule has 0 aromatic carbocycles. The second kappa shape index (κ2) is 5.82. The van der Waals surface area contributed by atoms with Crippen LogP contribution in [0.25, 0.3) is 0 Å². The summed E-state index contributed by atoms with van der Waals surface area (Å²) in [6.45, 7) is 8.52. The maximum atomic E-state index is 11.0. The molecule has 0 aliphatic rings. The average molecular weight is 177 g/mol. The Morgan fingerprint density at radius 1 is 1.62 bits per heavy atom. The first-order valence-electron chi connectivity index (χ1n) is 3.85. The molecule has 0 radical (unpaired) electrons. The third kappa shape index (κ3) is 3.95. The molecule has 0 rings (SSSR count). The second-order valence-electron chi connectivity index (χ2n) is 2.33. The van der Waals surface area contributed by atoms with E-state index >= 15 is 0 Å². The van der Waals surface area contributed by atoms with Gasteiger partial charge >= 0.3 is 5.97 Å². The minimum Gasteiger partial charge on any atom is -0.418 e. The average Bonchev–Trinajstić information content (AvgIpc) is 2.15. The van der Waals surface area contributed by atoms with Crippen molar-refractivity contribution in [2.45, 2.75) is 19.8 Å². The summed E-state index contributed by atoms with van der Waals surface area (Å²) in [4.78, 5) is 11.0. The normalized spacial score (nSPS) is 8.00. The molecule has 0 saturated heterocycles. The number of hydrogen-bond donors (Lipinski definition) is 0. The van der Waals surface area contributed by atoms with E-state index in [1.165, 1.54) is 0 Å². The van der Waals surface area contributed by atoms with Crippen LogP contribution in [0.4, 0.5) is 0 Å². The quantitative estimate of drug-likeness (QED) is 0.217. The Hall–Kier alpha value is -1.78. The van der Waals surface area contributed by atoms with Crippen molar-refractivity contribution < 1.29 is 9.53 Å². The lowest BCUT2D eigenvalue weighted by Crippen LogP contribution is -2.05. The molecule has 0 aliphatic heterocycles. The zero-order valence-electron chi connectivity index (χ0n) is 7.59. The summed E-state index contributed by atoms with van der Waals surface area (Å²) in [7, 11) is 0. The van der Waals surface area contributed by atoms with Gasteiger partial charge < -0.3 is 4.74 Å². The number of hydrogen-bond acceptors (Lipinski definition) is 3. The van der Waals surface area contributed by atoms with Crippen molar-refractivity contribution in [3.63, 3.8) is 0 Å². The van der Waals surface area contributed by atoms with Crippen LogP contribution in [0.5, 0.6) is 0 Å². The molecule has 68 valence electrons. The highest BCUT2D eigenvalue weighted by atomic mass is 16.5. The van der Waals surface area contributed by atoms with Gasteiger partial charge in [0.1, 0.15) is 17.4 Å². The largest absolute Gasteiger partial charge is 0.418 e. The van der Waals surface area contributed by atoms with Gasteiger partial charge in [-0.1, -0.05) is 25.8 Å². The second-order valence-corrected chi connectivity index (χ2v) is 2.33. The van der Waals surface area contributed by atoms with E-state index in [1.54, 1.807) is 6.07 Å². The first kappa shape index (κ1) is 11.2. The number of carbonyl (C=O) groups is 1. The standard InChI is InChI=1S/C10H11NO2/c1-4-6-9(5-2)13-10(12)8(3)7-11/h2-4,6H2,1H3. The fourth-order valence-corrected chi connectivity index (χ4v) is 0.622. The molecule has 0 saturated carbocycles. The van der Waals surface area contributed by atoms with Crippen LogP contribution in [0, 0.1) is 11.3 Å². The number of ether oxygens (including phenoxy) is 1. The van der Waals surface area contributed by atoms with E-state index < -0.39 is 5.97 Å². The van der Waals surface area contributed by atoms with E-state index in [1.807, 2.05) is 6.92 Å². The Balaban J connectivity index is 4.29. The highest BCUT2D eigenvalue weighted by molar-refractivity contribution is 5.92. The van der Waals surface area contributed by atoms with Crippen molar-refractivity contribution in [2.24, 2.45) is 0 Å². The van der Waals surface area contributed by atoms with Gasteiger partial charge in [-0.3, -0.25) is 0 Å². The molecule has 13 heavy (non-hydrogen) atoms. The van der Waals surface area contributed by atoms with Gasteiger partial charge in [0.05, 0.1) is 0 Å². The summed E-state index contributed by atoms with van der Waals surface area (Å²) < 4.78 is 4.77. The molecule has 0 fully saturated rings. The molecule has 3 heteroatoms. The van der Waals surface area contributed by atoms with Crippen LogP contribution in [-0.2, 0) is 9.53 Å². The molecule has 0 N–H and O–H groups in total. The number of nitrogens with zero attached hydrogens (tertiary/aromatic N) is 1. The van der Waals surface area contributed by atoms with Gasteiger partial charge in [0, 0.05) is 6.42 Å². The van der Waals surface area contributed by atoms with E-state index in [9.17, 15) is 4.79 Å². The third-order valence-electron chi connectivity index (χ3n) is 1.27. The Morgan fingerprint density at radius 2 is 2.23 bits per heavy atom. The van der Waals surface area contributed by atoms with Crippen LogP contribution < -0.4 is 0 Å². The molecule has 0 unspecified atom stereocenters. The summed E-state index contributed by atoms with van der Waals surface area (Å²) >= 11 is 0. The van der Waals surface area contributed by atoms with E-state index in [0.717, 1.165) is 6.42 Å². The van der Waals surface area contributed by atoms with Crippen LogP contribution in [0.3, 0.4) is 0 Å². The number of rotatable bonds is 4. The topological polar surface area (TPSA) is 50.1 Å². The predicted octanol–water partition coefficient (Wildman–Crippen LogP) is 2.08. The number of allylic oxidation sites excluding steroid dienone is 1. The van der Waals surface area contributed by atoms with Crippen molar-refractivity contribution in [1.82, 2.24) is 0 Å². The predicted molar refractivity (Wildman–Crippen MR) is 48.4 cm³/mol. The van der Waals surface area contributed by atoms with Crippen LogP contribution >= 0.6 is 0 Å². The number of esters is 1. The fourth-order valence-electron chi connectivity index (χ4n) is 0.622. The van der Waals surface area contributed by atoms with E-state index in [2.05, 4.69) is 18.9 Å². The summed E-state index contributed by atoms with van der Waals surface area (Å²) in [6, 6.07) is 1.61. The Bertz CT molecular complexity index is 303. The first-order valence-corrected chi connectivity index (χ1v) is 3.85. The molecule has 0 aromatic heterocycles. The summed E-state index contributed by atoms with van der Waals surface area (Å²) in [5.74, 6) is -0.383. The summed E-state index contributed by atoms with van der Waals surface area (Å²) in [5.41, 5.74) is 2.27. The molecule has 3 nitrogen and oxygen atoms in total. The highest BCUT2D eigenvalue weighted by Crippen LogP contribution is 2.07. The summed E-state index contributed by atoms with van der Waals surface area (Å²) in [6.07, 6.45) is 1.40. The Morgan fingerprint density at radius 3 is 2.62 bits per heavy atom. The molecule has 0 bridgehead atoms. The molecule has 0 aromatic rings. The van der Waals surface area contributed by atoms with Crippen molar-refractivity contribution in [2.75, 3.05) is 0 Å². The maximum absolute atomic E-state index is 11.0. The molecular weight excluding hydrogens is 166 g/mol. The van der Waals surface area contributed by atoms with Crippen molar-refractivity contribution in [3.05, 3.63) is 30.2 Å². The zero-order valence-corrected chi connectivity index (χ0v) is 7.59. The van der Waals surface area contributed by atoms with Crippen LogP contribution in [0.15, 0.2) is 30.2 Å². The molecule has 0 spiro atoms. The van der Waals surface area contributed by atoms with Gasteiger partial charge in [0.15, 0.2) is 0 Å². The van der Waals surface area contributed by atoms with Gasteiger partial charge in [0.2, 0.25) is 0 Å². The molecular formula is C10H11NO2. The monoisotopic (exact) mass is 177 g/mol. The maximum Gasteiger partial charge on any atom is 0.353 e. The first-order chi connectivity index (χ1) is 6.15. The Kier molecular flexibility index (Phi) is 5.02. The van der Waals surface area contributed by atoms with Gasteiger partial charge in [-0.25, -0.2) is 4.79 Å². The van der Waals surface area contributed by atoms with Crippen molar-refractivity contribution in [3.8, 4) is 6.07 Å². The van der Waals surface area contributed by atoms with Gasteiger partial charge in [0.25, 0.3) is 0 Å². The van der Waals surface area contributed by atoms with Gasteiger partial charge in [-0.05, 0) is 6.42 Å². The van der Waals surface area contributed by atoms with Gasteiger partial charge in [-0.2, -0.15) is 5.26 Å². The van der Waals surface area contributed by atoms with Crippen LogP contribution in [-0.4, -0.2) is 5.97 Å². The zero-order chi connectivity index (χ0) is 10.3. The highest BCUT2D eigenvalue weighted by Gasteiger charge is 2.09. The fraction of sp³-hybridized carbons (Fsp3) is 0.300. The third-order valence-corrected chi connectivity index (χ3v) is 1.27. The minimum atomic E-state index is -0.734. The van der Waals surface area contributed by atoms with E-state index in [4.69, 9.17) is 10.00 Å². The van der Waals surface area contributed by atoms with E-state index in [-0.39, 0.29) is 5.57 Å². The Labute approximate surface area is 77.6 Å². The van der Waals surface area contributed by atoms with Gasteiger partial charge in [-0.15, -0.1) is 0 Å². The molecule has 0 atom stereocenters. The van der Waals surface area contributed by atoms with Crippen molar-refractivity contribution >= 4 is 5.97 Å². The lowest BCUT2D eigenvalue weighted by atomic mass is 10.3. The molecule has 0 aliphatic carbocycles. The number of nitriles is 1.